The summed E-state index contributed by atoms with van der Waals surface area (Å²) < 4.78 is 38.0. The molecule has 0 saturated carbocycles. The maximum Gasteiger partial charge on any atom is 0.433 e. The van der Waals surface area contributed by atoms with Crippen molar-refractivity contribution in [1.29, 1.82) is 0 Å². The summed E-state index contributed by atoms with van der Waals surface area (Å²) in [5.74, 6) is -0.372. The van der Waals surface area contributed by atoms with Gasteiger partial charge in [0.05, 0.1) is 5.69 Å². The lowest BCUT2D eigenvalue weighted by Crippen LogP contribution is -2.10. The average molecular weight is 413 g/mol. The summed E-state index contributed by atoms with van der Waals surface area (Å²) in [6.07, 6.45) is 2.80. The number of hydrogen-bond acceptors (Lipinski definition) is 3. The Morgan fingerprint density at radius 2 is 1.73 bits per heavy atom. The van der Waals surface area contributed by atoms with Gasteiger partial charge in [-0.15, -0.1) is 0 Å². The predicted octanol–water partition coefficient (Wildman–Crippen LogP) is 5.14. The van der Waals surface area contributed by atoms with E-state index in [9.17, 15) is 18.0 Å². The molecule has 2 N–H and O–H groups in total. The van der Waals surface area contributed by atoms with Crippen LogP contribution in [0.1, 0.15) is 45.6 Å². The number of pyridine rings is 2. The minimum absolute atomic E-state index is 0.372. The van der Waals surface area contributed by atoms with E-state index in [1.165, 1.54) is 17.3 Å². The quantitative estimate of drug-likeness (QED) is 0.633. The molecule has 7 heteroatoms. The van der Waals surface area contributed by atoms with Gasteiger partial charge in [-0.1, -0.05) is 17.7 Å². The lowest BCUT2D eigenvalue weighted by molar-refractivity contribution is -0.141. The van der Waals surface area contributed by atoms with Gasteiger partial charge in [0.25, 0.3) is 0 Å². The van der Waals surface area contributed by atoms with E-state index in [0.29, 0.717) is 16.8 Å². The van der Waals surface area contributed by atoms with Crippen LogP contribution in [0.25, 0.3) is 11.3 Å². The normalized spacial score (nSPS) is 13.1. The molecule has 0 atom stereocenters. The van der Waals surface area contributed by atoms with Crippen LogP contribution >= 0.6 is 0 Å². The second kappa shape index (κ2) is 9.07. The van der Waals surface area contributed by atoms with Gasteiger partial charge in [-0.3, -0.25) is 14.8 Å². The number of fused-ring (bicyclic) bond motifs is 1. The third-order valence-electron chi connectivity index (χ3n) is 4.87. The van der Waals surface area contributed by atoms with Crippen molar-refractivity contribution in [3.63, 3.8) is 0 Å². The van der Waals surface area contributed by atoms with E-state index in [-0.39, 0.29) is 5.91 Å². The van der Waals surface area contributed by atoms with E-state index in [0.717, 1.165) is 37.3 Å². The molecule has 156 valence electrons. The van der Waals surface area contributed by atoms with E-state index < -0.39 is 11.9 Å². The molecule has 2 aromatic heterocycles. The number of carbonyl (C=O) groups is 1. The fourth-order valence-electron chi connectivity index (χ4n) is 3.32. The highest BCUT2D eigenvalue weighted by Gasteiger charge is 2.32. The summed E-state index contributed by atoms with van der Waals surface area (Å²) in [7, 11) is 0. The van der Waals surface area contributed by atoms with Crippen LogP contribution in [0.4, 0.5) is 13.2 Å². The number of halogens is 3. The summed E-state index contributed by atoms with van der Waals surface area (Å²) in [5, 5.41) is 0. The zero-order chi connectivity index (χ0) is 21.7. The molecule has 1 aliphatic carbocycles. The van der Waals surface area contributed by atoms with E-state index in [4.69, 9.17) is 5.73 Å². The number of amides is 1. The van der Waals surface area contributed by atoms with Gasteiger partial charge >= 0.3 is 6.18 Å². The minimum Gasteiger partial charge on any atom is -0.366 e. The van der Waals surface area contributed by atoms with Crippen LogP contribution in [-0.4, -0.2) is 15.9 Å². The Hall–Kier alpha value is -3.22. The number of benzene rings is 1. The van der Waals surface area contributed by atoms with Crippen molar-refractivity contribution in [3.8, 4) is 11.3 Å². The molecular weight excluding hydrogens is 391 g/mol. The van der Waals surface area contributed by atoms with E-state index in [2.05, 4.69) is 9.97 Å². The molecule has 0 fully saturated rings. The molecule has 0 unspecified atom stereocenters. The number of primary amides is 1. The van der Waals surface area contributed by atoms with E-state index in [1.807, 2.05) is 25.1 Å². The predicted molar refractivity (Wildman–Crippen MR) is 109 cm³/mol. The van der Waals surface area contributed by atoms with E-state index in [1.54, 1.807) is 24.4 Å². The smallest absolute Gasteiger partial charge is 0.366 e. The lowest BCUT2D eigenvalue weighted by atomic mass is 9.92. The largest absolute Gasteiger partial charge is 0.433 e. The van der Waals surface area contributed by atoms with Crippen LogP contribution in [0.5, 0.6) is 0 Å². The van der Waals surface area contributed by atoms with Crippen LogP contribution in [0.2, 0.25) is 0 Å². The number of nitrogens with zero attached hydrogens (tertiary/aromatic N) is 2. The first-order valence-electron chi connectivity index (χ1n) is 9.62. The zero-order valence-electron chi connectivity index (χ0n) is 16.5. The minimum atomic E-state index is -4.43. The van der Waals surface area contributed by atoms with Gasteiger partial charge in [0, 0.05) is 23.5 Å². The third kappa shape index (κ3) is 5.43. The van der Waals surface area contributed by atoms with Gasteiger partial charge in [-0.05, 0) is 74.1 Å². The van der Waals surface area contributed by atoms with Gasteiger partial charge < -0.3 is 5.73 Å². The van der Waals surface area contributed by atoms with Gasteiger partial charge in [0.15, 0.2) is 0 Å². The Balaban J connectivity index is 0.000000216. The van der Waals surface area contributed by atoms with Crippen molar-refractivity contribution in [2.75, 3.05) is 0 Å². The summed E-state index contributed by atoms with van der Waals surface area (Å²) >= 11 is 0. The molecule has 4 rings (SSSR count). The molecule has 4 nitrogen and oxygen atoms in total. The topological polar surface area (TPSA) is 68.9 Å². The molecule has 1 aliphatic rings. The molecule has 0 aliphatic heterocycles. The van der Waals surface area contributed by atoms with Gasteiger partial charge in [-0.2, -0.15) is 13.2 Å². The van der Waals surface area contributed by atoms with Crippen LogP contribution < -0.4 is 5.73 Å². The summed E-state index contributed by atoms with van der Waals surface area (Å²) in [5.41, 5.74) is 9.24. The van der Waals surface area contributed by atoms with Crippen molar-refractivity contribution in [3.05, 3.63) is 82.8 Å². The maximum atomic E-state index is 12.7. The number of rotatable bonds is 2. The fourth-order valence-corrected chi connectivity index (χ4v) is 3.32. The van der Waals surface area contributed by atoms with Crippen molar-refractivity contribution in [2.45, 2.75) is 38.8 Å². The first-order valence-corrected chi connectivity index (χ1v) is 9.62. The number of carbonyl (C=O) groups excluding carboxylic acids is 1. The Bertz CT molecular complexity index is 1050. The molecule has 3 aromatic rings. The Kier molecular flexibility index (Phi) is 6.50. The maximum absolute atomic E-state index is 12.7. The average Bonchev–Trinajstić information content (AvgIpc) is 2.73. The monoisotopic (exact) mass is 413 g/mol. The first-order chi connectivity index (χ1) is 14.2. The highest BCUT2D eigenvalue weighted by molar-refractivity contribution is 5.92. The molecule has 2 heterocycles. The van der Waals surface area contributed by atoms with Crippen LogP contribution in [0.15, 0.2) is 54.9 Å². The van der Waals surface area contributed by atoms with Gasteiger partial charge in [-0.25, -0.2) is 0 Å². The molecule has 0 radical (unpaired) electrons. The Morgan fingerprint density at radius 3 is 2.37 bits per heavy atom. The second-order valence-electron chi connectivity index (χ2n) is 7.21. The summed E-state index contributed by atoms with van der Waals surface area (Å²) in [4.78, 5) is 18.2. The number of aryl methyl sites for hydroxylation is 3. The highest BCUT2D eigenvalue weighted by atomic mass is 19.4. The van der Waals surface area contributed by atoms with Crippen molar-refractivity contribution in [1.82, 2.24) is 9.97 Å². The number of hydrogen-bond donors (Lipinski definition) is 1. The van der Waals surface area contributed by atoms with E-state index >= 15 is 0 Å². The Morgan fingerprint density at radius 1 is 1.00 bits per heavy atom. The molecule has 0 bridgehead atoms. The summed E-state index contributed by atoms with van der Waals surface area (Å²) in [6.45, 7) is 1.92. The van der Waals surface area contributed by atoms with Crippen LogP contribution in [0.3, 0.4) is 0 Å². The van der Waals surface area contributed by atoms with Crippen molar-refractivity contribution in [2.24, 2.45) is 5.73 Å². The second-order valence-corrected chi connectivity index (χ2v) is 7.21. The number of alkyl halides is 3. The SMILES string of the molecule is Cc1cccc(C(N)=O)c1.FC(F)(F)c1cc(-c2cc3c(cn2)CCCC3)ccn1. The van der Waals surface area contributed by atoms with Crippen LogP contribution in [-0.2, 0) is 19.0 Å². The summed E-state index contributed by atoms with van der Waals surface area (Å²) in [6, 6.07) is 11.7. The lowest BCUT2D eigenvalue weighted by Gasteiger charge is -2.16. The van der Waals surface area contributed by atoms with Crippen molar-refractivity contribution >= 4 is 5.91 Å². The zero-order valence-corrected chi connectivity index (χ0v) is 16.5. The highest BCUT2D eigenvalue weighted by Crippen LogP contribution is 2.31. The molecular formula is C23H22F3N3O. The Labute approximate surface area is 173 Å². The van der Waals surface area contributed by atoms with Gasteiger partial charge in [0.1, 0.15) is 5.69 Å². The number of aromatic nitrogens is 2. The molecule has 0 spiro atoms. The van der Waals surface area contributed by atoms with Gasteiger partial charge in [0.2, 0.25) is 5.91 Å². The number of nitrogens with two attached hydrogens (primary N) is 1. The van der Waals surface area contributed by atoms with Crippen LogP contribution in [0, 0.1) is 6.92 Å². The standard InChI is InChI=1S/C15H13F3N2.C8H9NO/c16-15(17,18)14-8-11(5-6-19-14)13-7-10-3-1-2-4-12(10)9-20-13;1-6-3-2-4-7(5-6)8(9)10/h5-9H,1-4H2;2-5H,1H3,(H2,9,10). The molecule has 0 saturated heterocycles. The molecule has 30 heavy (non-hydrogen) atoms. The molecule has 1 aromatic carbocycles. The third-order valence-corrected chi connectivity index (χ3v) is 4.87. The fraction of sp³-hybridized carbons (Fsp3) is 0.261. The van der Waals surface area contributed by atoms with Crippen molar-refractivity contribution < 1.29 is 18.0 Å². The first kappa shape index (κ1) is 21.5. The molecule has 1 amide bonds.